The first-order valence-corrected chi connectivity index (χ1v) is 6.44. The maximum absolute atomic E-state index is 11.8. The molecule has 1 aliphatic carbocycles. The topological polar surface area (TPSA) is 71.0 Å². The molecule has 1 fully saturated rings. The minimum Gasteiger partial charge on any atom is -0.334 e. The molecule has 0 aromatic carbocycles. The predicted molar refractivity (Wildman–Crippen MR) is 64.5 cm³/mol. The summed E-state index contributed by atoms with van der Waals surface area (Å²) in [4.78, 5) is 22.1. The molecule has 0 bridgehead atoms. The summed E-state index contributed by atoms with van der Waals surface area (Å²) < 4.78 is 38.8. The van der Waals surface area contributed by atoms with E-state index >= 15 is 0 Å². The van der Waals surface area contributed by atoms with Gasteiger partial charge in [-0.05, 0) is 31.6 Å². The molecule has 0 aliphatic heterocycles. The quantitative estimate of drug-likeness (QED) is 0.626. The summed E-state index contributed by atoms with van der Waals surface area (Å²) in [6.07, 6.45) is -1.27. The molecule has 0 spiro atoms. The Kier molecular flexibility index (Phi) is 6.18. The number of nitrogens with one attached hydrogen (secondary N) is 1. The fourth-order valence-electron chi connectivity index (χ4n) is 2.08. The molecule has 9 heteroatoms. The molecule has 0 unspecified atom stereocenters. The van der Waals surface area contributed by atoms with Crippen LogP contribution in [0.4, 0.5) is 18.0 Å². The molecule has 1 N–H and O–H groups in total. The van der Waals surface area contributed by atoms with Crippen LogP contribution >= 0.6 is 0 Å². The number of alkyl halides is 3. The first kappa shape index (κ1) is 16.7. The molecular formula is C11H18F3N3O3. The van der Waals surface area contributed by atoms with Crippen molar-refractivity contribution in [2.75, 3.05) is 13.2 Å². The van der Waals surface area contributed by atoms with E-state index in [1.54, 1.807) is 0 Å². The molecule has 116 valence electrons. The average molecular weight is 297 g/mol. The number of hydrogen-bond donors (Lipinski definition) is 1. The molecule has 20 heavy (non-hydrogen) atoms. The van der Waals surface area contributed by atoms with Crippen molar-refractivity contribution in [2.45, 2.75) is 45.0 Å². The second-order valence-corrected chi connectivity index (χ2v) is 4.91. The number of nitrogens with zero attached hydrogens (tertiary/aromatic N) is 2. The third-order valence-corrected chi connectivity index (χ3v) is 3.25. The van der Waals surface area contributed by atoms with Crippen LogP contribution in [-0.4, -0.2) is 36.6 Å². The minimum absolute atomic E-state index is 0.0634. The lowest BCUT2D eigenvalue weighted by Crippen LogP contribution is -2.44. The molecule has 0 atom stereocenters. The van der Waals surface area contributed by atoms with Crippen LogP contribution in [0.2, 0.25) is 0 Å². The first-order chi connectivity index (χ1) is 9.31. The third kappa shape index (κ3) is 6.18. The van der Waals surface area contributed by atoms with Crippen LogP contribution in [0, 0.1) is 10.8 Å². The van der Waals surface area contributed by atoms with Gasteiger partial charge in [0.2, 0.25) is 0 Å². The summed E-state index contributed by atoms with van der Waals surface area (Å²) in [6.45, 7) is 0.744. The van der Waals surface area contributed by atoms with Gasteiger partial charge in [-0.15, -0.1) is 18.1 Å². The standard InChI is InChI=1S/C11H18F3N3O3/c1-8-2-4-9(5-3-8)15-10(18)17(16-19)6-7-20-11(12,13)14/h8-9H,2-7H2,1H3,(H,15,18). The maximum atomic E-state index is 11.8. The normalized spacial score (nSPS) is 23.2. The SMILES string of the molecule is CC1CCC(NC(=O)N(CCOC(F)(F)F)N=O)CC1. The number of hydrogen-bond acceptors (Lipinski definition) is 4. The summed E-state index contributed by atoms with van der Waals surface area (Å²) in [6, 6.07) is -0.850. The van der Waals surface area contributed by atoms with Crippen LogP contribution < -0.4 is 5.32 Å². The Balaban J connectivity index is 2.33. The first-order valence-electron chi connectivity index (χ1n) is 6.44. The van der Waals surface area contributed by atoms with Crippen LogP contribution in [0.5, 0.6) is 0 Å². The smallest absolute Gasteiger partial charge is 0.334 e. The van der Waals surface area contributed by atoms with E-state index in [1.165, 1.54) is 0 Å². The van der Waals surface area contributed by atoms with E-state index in [1.807, 2.05) is 0 Å². The Bertz CT molecular complexity index is 331. The van der Waals surface area contributed by atoms with Gasteiger partial charge in [0.25, 0.3) is 0 Å². The molecule has 1 aliphatic rings. The van der Waals surface area contributed by atoms with Crippen LogP contribution in [0.25, 0.3) is 0 Å². The Morgan fingerprint density at radius 3 is 2.45 bits per heavy atom. The van der Waals surface area contributed by atoms with Gasteiger partial charge >= 0.3 is 12.4 Å². The number of rotatable bonds is 5. The van der Waals surface area contributed by atoms with Gasteiger partial charge in [-0.25, -0.2) is 4.79 Å². The minimum atomic E-state index is -4.79. The van der Waals surface area contributed by atoms with E-state index in [4.69, 9.17) is 0 Å². The van der Waals surface area contributed by atoms with E-state index < -0.39 is 25.5 Å². The number of nitroso groups, excluding NO2 is 1. The van der Waals surface area contributed by atoms with Crippen LogP contribution in [0.1, 0.15) is 32.6 Å². The highest BCUT2D eigenvalue weighted by atomic mass is 19.4. The van der Waals surface area contributed by atoms with Gasteiger partial charge in [0.1, 0.15) is 0 Å². The van der Waals surface area contributed by atoms with Crippen LogP contribution in [-0.2, 0) is 4.74 Å². The van der Waals surface area contributed by atoms with E-state index in [0.29, 0.717) is 10.9 Å². The van der Waals surface area contributed by atoms with Crippen molar-refractivity contribution in [1.82, 2.24) is 10.3 Å². The lowest BCUT2D eigenvalue weighted by atomic mass is 9.87. The van der Waals surface area contributed by atoms with E-state index in [2.05, 4.69) is 22.3 Å². The highest BCUT2D eigenvalue weighted by Crippen LogP contribution is 2.23. The molecule has 1 saturated carbocycles. The highest BCUT2D eigenvalue weighted by molar-refractivity contribution is 5.74. The number of halogens is 3. The Labute approximate surface area is 114 Å². The van der Waals surface area contributed by atoms with Crippen molar-refractivity contribution in [3.05, 3.63) is 4.91 Å². The van der Waals surface area contributed by atoms with Gasteiger partial charge in [-0.2, -0.15) is 5.01 Å². The number of carbonyl (C=O) groups is 1. The average Bonchev–Trinajstić information content (AvgIpc) is 2.36. The Hall–Kier alpha value is -1.38. The number of ether oxygens (including phenoxy) is 1. The third-order valence-electron chi connectivity index (χ3n) is 3.25. The predicted octanol–water partition coefficient (Wildman–Crippen LogP) is 2.79. The second-order valence-electron chi connectivity index (χ2n) is 4.91. The fraction of sp³-hybridized carbons (Fsp3) is 0.909. The van der Waals surface area contributed by atoms with Gasteiger partial charge in [0.15, 0.2) is 0 Å². The Morgan fingerprint density at radius 2 is 1.95 bits per heavy atom. The summed E-state index contributed by atoms with van der Waals surface area (Å²) in [5.74, 6) is 0.601. The monoisotopic (exact) mass is 297 g/mol. The van der Waals surface area contributed by atoms with Crippen molar-refractivity contribution in [3.63, 3.8) is 0 Å². The number of carbonyl (C=O) groups excluding carboxylic acids is 1. The van der Waals surface area contributed by atoms with Gasteiger partial charge in [0, 0.05) is 6.04 Å². The van der Waals surface area contributed by atoms with Gasteiger partial charge in [-0.3, -0.25) is 4.74 Å². The summed E-state index contributed by atoms with van der Waals surface area (Å²) >= 11 is 0. The molecule has 6 nitrogen and oxygen atoms in total. The Morgan fingerprint density at radius 1 is 1.35 bits per heavy atom. The van der Waals surface area contributed by atoms with E-state index in [-0.39, 0.29) is 6.04 Å². The highest BCUT2D eigenvalue weighted by Gasteiger charge is 2.30. The zero-order valence-corrected chi connectivity index (χ0v) is 11.2. The van der Waals surface area contributed by atoms with Crippen molar-refractivity contribution < 1.29 is 22.7 Å². The van der Waals surface area contributed by atoms with E-state index in [0.717, 1.165) is 25.7 Å². The molecular weight excluding hydrogens is 279 g/mol. The molecule has 0 heterocycles. The summed E-state index contributed by atoms with van der Waals surface area (Å²) in [5, 5.41) is 5.41. The fourth-order valence-corrected chi connectivity index (χ4v) is 2.08. The molecule has 0 saturated heterocycles. The number of urea groups is 1. The molecule has 1 rings (SSSR count). The van der Waals surface area contributed by atoms with Crippen LogP contribution in [0.3, 0.4) is 0 Å². The number of amides is 2. The molecule has 0 radical (unpaired) electrons. The second kappa shape index (κ2) is 7.41. The molecule has 0 aromatic heterocycles. The van der Waals surface area contributed by atoms with Gasteiger partial charge in [0.05, 0.1) is 18.4 Å². The van der Waals surface area contributed by atoms with Crippen molar-refractivity contribution in [1.29, 1.82) is 0 Å². The zero-order chi connectivity index (χ0) is 15.2. The van der Waals surface area contributed by atoms with Crippen molar-refractivity contribution >= 4 is 6.03 Å². The largest absolute Gasteiger partial charge is 0.522 e. The zero-order valence-electron chi connectivity index (χ0n) is 11.2. The molecule has 0 aromatic rings. The lowest BCUT2D eigenvalue weighted by Gasteiger charge is -2.27. The van der Waals surface area contributed by atoms with Gasteiger partial charge in [-0.1, -0.05) is 6.92 Å². The maximum Gasteiger partial charge on any atom is 0.522 e. The van der Waals surface area contributed by atoms with Gasteiger partial charge < -0.3 is 5.32 Å². The molecule has 2 amide bonds. The summed E-state index contributed by atoms with van der Waals surface area (Å²) in [7, 11) is 0. The van der Waals surface area contributed by atoms with E-state index in [9.17, 15) is 22.9 Å². The summed E-state index contributed by atoms with van der Waals surface area (Å²) in [5.41, 5.74) is 0. The lowest BCUT2D eigenvalue weighted by molar-refractivity contribution is -0.324. The van der Waals surface area contributed by atoms with Crippen LogP contribution in [0.15, 0.2) is 5.29 Å². The van der Waals surface area contributed by atoms with Crippen molar-refractivity contribution in [2.24, 2.45) is 11.2 Å². The van der Waals surface area contributed by atoms with Crippen molar-refractivity contribution in [3.8, 4) is 0 Å².